The molecule has 17 heavy (non-hydrogen) atoms. The van der Waals surface area contributed by atoms with Crippen LogP contribution >= 0.6 is 0 Å². The maximum Gasteiger partial charge on any atom is 0.311 e. The molecule has 0 aliphatic heterocycles. The Hall–Kier alpha value is -1.77. The highest BCUT2D eigenvalue weighted by Gasteiger charge is 2.13. The van der Waals surface area contributed by atoms with Crippen LogP contribution in [0.25, 0.3) is 10.9 Å². The minimum atomic E-state index is -0.172. The number of carbonyl (C=O) groups is 1. The molecule has 0 spiro atoms. The number of ether oxygens (including phenoxy) is 1. The van der Waals surface area contributed by atoms with E-state index in [2.05, 4.69) is 18.0 Å². The number of aryl methyl sites for hydroxylation is 1. The molecule has 0 saturated heterocycles. The summed E-state index contributed by atoms with van der Waals surface area (Å²) < 4.78 is 4.98. The van der Waals surface area contributed by atoms with E-state index < -0.39 is 0 Å². The molecule has 1 aromatic carbocycles. The van der Waals surface area contributed by atoms with Crippen LogP contribution in [-0.4, -0.2) is 17.6 Å². The van der Waals surface area contributed by atoms with Crippen molar-refractivity contribution < 1.29 is 9.53 Å². The van der Waals surface area contributed by atoms with Gasteiger partial charge in [0, 0.05) is 16.6 Å². The standard InChI is InChI=1S/C14H17NO2/c1-3-10-11-7-5-6-8-12(11)15-13(10)9-14(16)17-4-2/h5-8,15H,3-4,9H2,1-2H3. The average molecular weight is 231 g/mol. The van der Waals surface area contributed by atoms with Crippen molar-refractivity contribution in [1.29, 1.82) is 0 Å². The fraction of sp³-hybridized carbons (Fsp3) is 0.357. The molecule has 2 aromatic rings. The van der Waals surface area contributed by atoms with Crippen LogP contribution in [0.15, 0.2) is 24.3 Å². The molecule has 0 aliphatic rings. The smallest absolute Gasteiger partial charge is 0.311 e. The lowest BCUT2D eigenvalue weighted by Crippen LogP contribution is -2.09. The third kappa shape index (κ3) is 2.33. The predicted octanol–water partition coefficient (Wildman–Crippen LogP) is 2.84. The molecule has 1 heterocycles. The van der Waals surface area contributed by atoms with Gasteiger partial charge in [0.2, 0.25) is 0 Å². The van der Waals surface area contributed by atoms with Crippen LogP contribution in [0.3, 0.4) is 0 Å². The van der Waals surface area contributed by atoms with Crippen LogP contribution in [0.2, 0.25) is 0 Å². The molecule has 0 saturated carbocycles. The summed E-state index contributed by atoms with van der Waals surface area (Å²) in [4.78, 5) is 14.8. The van der Waals surface area contributed by atoms with Gasteiger partial charge in [-0.1, -0.05) is 25.1 Å². The number of aromatic amines is 1. The summed E-state index contributed by atoms with van der Waals surface area (Å²) in [6.45, 7) is 4.36. The lowest BCUT2D eigenvalue weighted by atomic mass is 10.1. The minimum absolute atomic E-state index is 0.172. The van der Waals surface area contributed by atoms with Gasteiger partial charge in [0.15, 0.2) is 0 Å². The Kier molecular flexibility index (Phi) is 3.47. The van der Waals surface area contributed by atoms with Crippen molar-refractivity contribution >= 4 is 16.9 Å². The predicted molar refractivity (Wildman–Crippen MR) is 68.0 cm³/mol. The van der Waals surface area contributed by atoms with Gasteiger partial charge in [-0.05, 0) is 25.0 Å². The van der Waals surface area contributed by atoms with Gasteiger partial charge in [0.05, 0.1) is 13.0 Å². The molecule has 90 valence electrons. The SMILES string of the molecule is CCOC(=O)Cc1[nH]c2ccccc2c1CC. The van der Waals surface area contributed by atoms with Crippen LogP contribution < -0.4 is 0 Å². The highest BCUT2D eigenvalue weighted by atomic mass is 16.5. The van der Waals surface area contributed by atoms with E-state index in [1.54, 1.807) is 0 Å². The second-order valence-electron chi connectivity index (χ2n) is 3.96. The maximum absolute atomic E-state index is 11.5. The minimum Gasteiger partial charge on any atom is -0.466 e. The van der Waals surface area contributed by atoms with Crippen LogP contribution in [-0.2, 0) is 22.4 Å². The van der Waals surface area contributed by atoms with Crippen molar-refractivity contribution in [3.8, 4) is 0 Å². The Bertz CT molecular complexity index is 528. The van der Waals surface area contributed by atoms with Crippen molar-refractivity contribution in [2.75, 3.05) is 6.61 Å². The number of aromatic nitrogens is 1. The van der Waals surface area contributed by atoms with Crippen LogP contribution in [0.4, 0.5) is 0 Å². The summed E-state index contributed by atoms with van der Waals surface area (Å²) >= 11 is 0. The molecule has 3 nitrogen and oxygen atoms in total. The summed E-state index contributed by atoms with van der Waals surface area (Å²) in [6.07, 6.45) is 1.24. The Labute approximate surface area is 101 Å². The maximum atomic E-state index is 11.5. The lowest BCUT2D eigenvalue weighted by Gasteiger charge is -2.02. The van der Waals surface area contributed by atoms with E-state index in [9.17, 15) is 4.79 Å². The van der Waals surface area contributed by atoms with Gasteiger partial charge in [-0.25, -0.2) is 0 Å². The molecule has 0 radical (unpaired) electrons. The summed E-state index contributed by atoms with van der Waals surface area (Å²) in [6, 6.07) is 8.12. The number of esters is 1. The van der Waals surface area contributed by atoms with E-state index >= 15 is 0 Å². The van der Waals surface area contributed by atoms with Crippen LogP contribution in [0, 0.1) is 0 Å². The second kappa shape index (κ2) is 5.04. The number of benzene rings is 1. The molecule has 0 unspecified atom stereocenters. The van der Waals surface area contributed by atoms with E-state index in [0.29, 0.717) is 13.0 Å². The molecular formula is C14H17NO2. The molecule has 3 heteroatoms. The normalized spacial score (nSPS) is 10.7. The molecule has 1 N–H and O–H groups in total. The average Bonchev–Trinajstić information content (AvgIpc) is 2.66. The van der Waals surface area contributed by atoms with Gasteiger partial charge in [-0.3, -0.25) is 4.79 Å². The lowest BCUT2D eigenvalue weighted by molar-refractivity contribution is -0.142. The number of fused-ring (bicyclic) bond motifs is 1. The van der Waals surface area contributed by atoms with Crippen molar-refractivity contribution in [2.24, 2.45) is 0 Å². The first-order chi connectivity index (χ1) is 8.26. The zero-order valence-corrected chi connectivity index (χ0v) is 10.2. The van der Waals surface area contributed by atoms with E-state index in [0.717, 1.165) is 17.6 Å². The fourth-order valence-corrected chi connectivity index (χ4v) is 2.17. The first-order valence-corrected chi connectivity index (χ1v) is 6.00. The summed E-state index contributed by atoms with van der Waals surface area (Å²) in [5.41, 5.74) is 3.28. The van der Waals surface area contributed by atoms with Gasteiger partial charge in [0.25, 0.3) is 0 Å². The number of H-pyrrole nitrogens is 1. The molecule has 0 fully saturated rings. The van der Waals surface area contributed by atoms with Crippen molar-refractivity contribution in [1.82, 2.24) is 4.98 Å². The number of carbonyl (C=O) groups excluding carboxylic acids is 1. The third-order valence-corrected chi connectivity index (χ3v) is 2.88. The summed E-state index contributed by atoms with van der Waals surface area (Å²) in [5.74, 6) is -0.172. The number of nitrogens with one attached hydrogen (secondary N) is 1. The highest BCUT2D eigenvalue weighted by molar-refractivity contribution is 5.86. The molecular weight excluding hydrogens is 214 g/mol. The van der Waals surface area contributed by atoms with E-state index in [1.165, 1.54) is 10.9 Å². The monoisotopic (exact) mass is 231 g/mol. The van der Waals surface area contributed by atoms with E-state index in [-0.39, 0.29) is 5.97 Å². The number of hydrogen-bond donors (Lipinski definition) is 1. The third-order valence-electron chi connectivity index (χ3n) is 2.88. The first kappa shape index (κ1) is 11.7. The van der Waals surface area contributed by atoms with Gasteiger partial charge in [-0.2, -0.15) is 0 Å². The van der Waals surface area contributed by atoms with Crippen molar-refractivity contribution in [3.63, 3.8) is 0 Å². The number of para-hydroxylation sites is 1. The molecule has 1 aromatic heterocycles. The van der Waals surface area contributed by atoms with E-state index in [4.69, 9.17) is 4.74 Å². The molecule has 0 aliphatic carbocycles. The Balaban J connectivity index is 2.36. The zero-order chi connectivity index (χ0) is 12.3. The summed E-state index contributed by atoms with van der Waals surface area (Å²) in [5, 5.41) is 1.20. The highest BCUT2D eigenvalue weighted by Crippen LogP contribution is 2.23. The van der Waals surface area contributed by atoms with Crippen LogP contribution in [0.5, 0.6) is 0 Å². The Morgan fingerprint density at radius 1 is 1.29 bits per heavy atom. The summed E-state index contributed by atoms with van der Waals surface area (Å²) in [7, 11) is 0. The molecule has 0 atom stereocenters. The quantitative estimate of drug-likeness (QED) is 0.822. The Morgan fingerprint density at radius 3 is 2.76 bits per heavy atom. The molecule has 2 rings (SSSR count). The number of hydrogen-bond acceptors (Lipinski definition) is 2. The Morgan fingerprint density at radius 2 is 2.06 bits per heavy atom. The molecule has 0 amide bonds. The van der Waals surface area contributed by atoms with Gasteiger partial charge < -0.3 is 9.72 Å². The largest absolute Gasteiger partial charge is 0.466 e. The first-order valence-electron chi connectivity index (χ1n) is 6.00. The van der Waals surface area contributed by atoms with Crippen LogP contribution in [0.1, 0.15) is 25.1 Å². The van der Waals surface area contributed by atoms with Gasteiger partial charge in [0.1, 0.15) is 0 Å². The topological polar surface area (TPSA) is 42.1 Å². The second-order valence-corrected chi connectivity index (χ2v) is 3.96. The van der Waals surface area contributed by atoms with Crippen molar-refractivity contribution in [3.05, 3.63) is 35.5 Å². The van der Waals surface area contributed by atoms with E-state index in [1.807, 2.05) is 25.1 Å². The van der Waals surface area contributed by atoms with Gasteiger partial charge >= 0.3 is 5.97 Å². The molecule has 0 bridgehead atoms. The zero-order valence-electron chi connectivity index (χ0n) is 10.2. The van der Waals surface area contributed by atoms with Gasteiger partial charge in [-0.15, -0.1) is 0 Å². The fourth-order valence-electron chi connectivity index (χ4n) is 2.17. The number of rotatable bonds is 4. The van der Waals surface area contributed by atoms with Crippen molar-refractivity contribution in [2.45, 2.75) is 26.7 Å².